The van der Waals surface area contributed by atoms with Gasteiger partial charge in [0.05, 0.1) is 4.88 Å². The average molecular weight is 309 g/mol. The summed E-state index contributed by atoms with van der Waals surface area (Å²) in [5.41, 5.74) is 0.684. The summed E-state index contributed by atoms with van der Waals surface area (Å²) in [5, 5.41) is 7.88. The molecule has 0 unspecified atom stereocenters. The van der Waals surface area contributed by atoms with Gasteiger partial charge in [0.15, 0.2) is 0 Å². The lowest BCUT2D eigenvalue weighted by Crippen LogP contribution is -2.27. The van der Waals surface area contributed by atoms with Gasteiger partial charge in [0, 0.05) is 23.7 Å². The molecule has 0 bridgehead atoms. The topological polar surface area (TPSA) is 58.2 Å². The summed E-state index contributed by atoms with van der Waals surface area (Å²) >= 11 is 7.13. The molecular formula is C14H13ClN2O2S. The van der Waals surface area contributed by atoms with E-state index >= 15 is 0 Å². The summed E-state index contributed by atoms with van der Waals surface area (Å²) in [6.45, 7) is 0.302. The van der Waals surface area contributed by atoms with Crippen molar-refractivity contribution in [1.29, 1.82) is 0 Å². The SMILES string of the molecule is O=C(CCNC(=O)c1cccs1)Nc1ccc(Cl)cc1. The van der Waals surface area contributed by atoms with Crippen molar-refractivity contribution in [2.75, 3.05) is 11.9 Å². The summed E-state index contributed by atoms with van der Waals surface area (Å²) in [4.78, 5) is 24.0. The van der Waals surface area contributed by atoms with Crippen LogP contribution in [0.2, 0.25) is 5.02 Å². The summed E-state index contributed by atoms with van der Waals surface area (Å²) in [7, 11) is 0. The Hall–Kier alpha value is -1.85. The first kappa shape index (κ1) is 14.6. The van der Waals surface area contributed by atoms with Crippen molar-refractivity contribution in [2.45, 2.75) is 6.42 Å². The van der Waals surface area contributed by atoms with E-state index in [4.69, 9.17) is 11.6 Å². The Morgan fingerprint density at radius 1 is 1.15 bits per heavy atom. The molecule has 104 valence electrons. The molecule has 0 spiro atoms. The molecule has 1 heterocycles. The molecule has 0 aliphatic carbocycles. The van der Waals surface area contributed by atoms with Crippen molar-refractivity contribution in [3.8, 4) is 0 Å². The Bertz CT molecular complexity index is 582. The minimum Gasteiger partial charge on any atom is -0.351 e. The first-order valence-corrected chi connectivity index (χ1v) is 7.28. The third-order valence-corrected chi connectivity index (χ3v) is 3.63. The number of rotatable bonds is 5. The molecule has 20 heavy (non-hydrogen) atoms. The van der Waals surface area contributed by atoms with Crippen LogP contribution in [-0.4, -0.2) is 18.4 Å². The number of hydrogen-bond donors (Lipinski definition) is 2. The largest absolute Gasteiger partial charge is 0.351 e. The number of hydrogen-bond acceptors (Lipinski definition) is 3. The predicted octanol–water partition coefficient (Wildman–Crippen LogP) is 3.16. The summed E-state index contributed by atoms with van der Waals surface area (Å²) in [5.74, 6) is -0.307. The molecular weight excluding hydrogens is 296 g/mol. The predicted molar refractivity (Wildman–Crippen MR) is 81.4 cm³/mol. The molecule has 0 atom stereocenters. The molecule has 0 fully saturated rings. The highest BCUT2D eigenvalue weighted by Gasteiger charge is 2.07. The van der Waals surface area contributed by atoms with Crippen LogP contribution in [0.1, 0.15) is 16.1 Å². The lowest BCUT2D eigenvalue weighted by atomic mass is 10.3. The number of amides is 2. The van der Waals surface area contributed by atoms with Gasteiger partial charge in [0.2, 0.25) is 5.91 Å². The minimum absolute atomic E-state index is 0.153. The van der Waals surface area contributed by atoms with Crippen molar-refractivity contribution < 1.29 is 9.59 Å². The number of carbonyl (C=O) groups is 2. The molecule has 2 amide bonds. The van der Waals surface area contributed by atoms with Crippen LogP contribution in [0.5, 0.6) is 0 Å². The number of carbonyl (C=O) groups excluding carboxylic acids is 2. The van der Waals surface area contributed by atoms with E-state index in [0.29, 0.717) is 22.1 Å². The Morgan fingerprint density at radius 3 is 2.55 bits per heavy atom. The van der Waals surface area contributed by atoms with Gasteiger partial charge in [-0.15, -0.1) is 11.3 Å². The molecule has 0 aliphatic heterocycles. The summed E-state index contributed by atoms with van der Waals surface area (Å²) in [6, 6.07) is 10.4. The Morgan fingerprint density at radius 2 is 1.90 bits per heavy atom. The highest BCUT2D eigenvalue weighted by molar-refractivity contribution is 7.12. The molecule has 4 nitrogen and oxygen atoms in total. The van der Waals surface area contributed by atoms with Crippen LogP contribution in [0, 0.1) is 0 Å². The van der Waals surface area contributed by atoms with E-state index in [0.717, 1.165) is 0 Å². The third kappa shape index (κ3) is 4.36. The average Bonchev–Trinajstić information content (AvgIpc) is 2.95. The van der Waals surface area contributed by atoms with E-state index in [9.17, 15) is 9.59 Å². The van der Waals surface area contributed by atoms with Crippen LogP contribution >= 0.6 is 22.9 Å². The van der Waals surface area contributed by atoms with Crippen LogP contribution in [0.3, 0.4) is 0 Å². The van der Waals surface area contributed by atoms with E-state index in [1.54, 1.807) is 30.3 Å². The second kappa shape index (κ2) is 7.07. The Labute approximate surface area is 125 Å². The van der Waals surface area contributed by atoms with Crippen molar-refractivity contribution in [2.24, 2.45) is 0 Å². The van der Waals surface area contributed by atoms with E-state index in [2.05, 4.69) is 10.6 Å². The second-order valence-corrected chi connectivity index (χ2v) is 5.42. The highest BCUT2D eigenvalue weighted by Crippen LogP contribution is 2.13. The number of thiophene rings is 1. The zero-order chi connectivity index (χ0) is 14.4. The Balaban J connectivity index is 1.73. The zero-order valence-corrected chi connectivity index (χ0v) is 12.1. The fourth-order valence-electron chi connectivity index (χ4n) is 1.54. The van der Waals surface area contributed by atoms with Crippen LogP contribution in [-0.2, 0) is 4.79 Å². The van der Waals surface area contributed by atoms with Crippen molar-refractivity contribution in [3.05, 3.63) is 51.7 Å². The van der Waals surface area contributed by atoms with E-state index in [1.807, 2.05) is 11.4 Å². The second-order valence-electron chi connectivity index (χ2n) is 4.04. The monoisotopic (exact) mass is 308 g/mol. The van der Waals surface area contributed by atoms with E-state index in [1.165, 1.54) is 11.3 Å². The van der Waals surface area contributed by atoms with Gasteiger partial charge in [-0.05, 0) is 35.7 Å². The van der Waals surface area contributed by atoms with Gasteiger partial charge < -0.3 is 10.6 Å². The van der Waals surface area contributed by atoms with Crippen molar-refractivity contribution >= 4 is 40.4 Å². The van der Waals surface area contributed by atoms with Gasteiger partial charge in [-0.2, -0.15) is 0 Å². The van der Waals surface area contributed by atoms with Gasteiger partial charge in [-0.25, -0.2) is 0 Å². The lowest BCUT2D eigenvalue weighted by Gasteiger charge is -2.06. The van der Waals surface area contributed by atoms with Crippen molar-refractivity contribution in [3.63, 3.8) is 0 Å². The van der Waals surface area contributed by atoms with Crippen LogP contribution < -0.4 is 10.6 Å². The Kier molecular flexibility index (Phi) is 5.15. The highest BCUT2D eigenvalue weighted by atomic mass is 35.5. The van der Waals surface area contributed by atoms with Gasteiger partial charge >= 0.3 is 0 Å². The zero-order valence-electron chi connectivity index (χ0n) is 10.6. The van der Waals surface area contributed by atoms with E-state index < -0.39 is 0 Å². The number of anilines is 1. The molecule has 1 aromatic heterocycles. The lowest BCUT2D eigenvalue weighted by molar-refractivity contribution is -0.116. The van der Waals surface area contributed by atoms with Crippen LogP contribution in [0.15, 0.2) is 41.8 Å². The molecule has 0 saturated carbocycles. The quantitative estimate of drug-likeness (QED) is 0.891. The third-order valence-electron chi connectivity index (χ3n) is 2.51. The number of halogens is 1. The molecule has 2 rings (SSSR count). The minimum atomic E-state index is -0.154. The molecule has 0 saturated heterocycles. The summed E-state index contributed by atoms with van der Waals surface area (Å²) in [6.07, 6.45) is 0.222. The normalized spacial score (nSPS) is 10.1. The van der Waals surface area contributed by atoms with E-state index in [-0.39, 0.29) is 18.2 Å². The summed E-state index contributed by atoms with van der Waals surface area (Å²) < 4.78 is 0. The fraction of sp³-hybridized carbons (Fsp3) is 0.143. The first-order chi connectivity index (χ1) is 9.65. The first-order valence-electron chi connectivity index (χ1n) is 6.02. The van der Waals surface area contributed by atoms with Crippen LogP contribution in [0.4, 0.5) is 5.69 Å². The van der Waals surface area contributed by atoms with Crippen molar-refractivity contribution in [1.82, 2.24) is 5.32 Å². The maximum atomic E-state index is 11.7. The van der Waals surface area contributed by atoms with Gasteiger partial charge in [-0.3, -0.25) is 9.59 Å². The molecule has 6 heteroatoms. The molecule has 1 aromatic carbocycles. The molecule has 0 aliphatic rings. The molecule has 2 N–H and O–H groups in total. The maximum absolute atomic E-state index is 11.7. The molecule has 2 aromatic rings. The van der Waals surface area contributed by atoms with Crippen LogP contribution in [0.25, 0.3) is 0 Å². The standard InChI is InChI=1S/C14H13ClN2O2S/c15-10-3-5-11(6-4-10)17-13(18)7-8-16-14(19)12-2-1-9-20-12/h1-6,9H,7-8H2,(H,16,19)(H,17,18). The van der Waals surface area contributed by atoms with Gasteiger partial charge in [0.1, 0.15) is 0 Å². The maximum Gasteiger partial charge on any atom is 0.261 e. The van der Waals surface area contributed by atoms with Gasteiger partial charge in [0.25, 0.3) is 5.91 Å². The smallest absolute Gasteiger partial charge is 0.261 e. The number of benzene rings is 1. The fourth-order valence-corrected chi connectivity index (χ4v) is 2.31. The van der Waals surface area contributed by atoms with Gasteiger partial charge in [-0.1, -0.05) is 17.7 Å². The molecule has 0 radical (unpaired) electrons. The number of nitrogens with one attached hydrogen (secondary N) is 2.